The molecule has 0 fully saturated rings. The molecule has 14 heavy (non-hydrogen) atoms. The van der Waals surface area contributed by atoms with Gasteiger partial charge in [-0.15, -0.1) is 0 Å². The Kier molecular flexibility index (Phi) is 3.12. The van der Waals surface area contributed by atoms with E-state index in [1.165, 1.54) is 0 Å². The molecular weight excluding hydrogens is 178 g/mol. The average Bonchev–Trinajstić information content (AvgIpc) is 2.01. The van der Waals surface area contributed by atoms with E-state index in [4.69, 9.17) is 10.5 Å². The van der Waals surface area contributed by atoms with E-state index in [1.807, 2.05) is 26.0 Å². The van der Waals surface area contributed by atoms with Crippen LogP contribution >= 0.6 is 0 Å². The topological polar surface area (TPSA) is 52.3 Å². The fourth-order valence-corrected chi connectivity index (χ4v) is 1.67. The number of primary amides is 1. The standard InChI is InChI=1S/C11H15NO2/c1-7-4-9(6-10(12)13)5-8(2)11(7)14-3/h4-5H,6H2,1-3H3,(H2,12,13). The lowest BCUT2D eigenvalue weighted by atomic mass is 10.0. The van der Waals surface area contributed by atoms with Gasteiger partial charge in [0, 0.05) is 0 Å². The maximum Gasteiger partial charge on any atom is 0.221 e. The first kappa shape index (κ1) is 10.6. The van der Waals surface area contributed by atoms with Gasteiger partial charge in [0.1, 0.15) is 5.75 Å². The van der Waals surface area contributed by atoms with Crippen molar-refractivity contribution >= 4 is 5.91 Å². The molecule has 1 aromatic rings. The van der Waals surface area contributed by atoms with Gasteiger partial charge in [0.25, 0.3) is 0 Å². The molecule has 76 valence electrons. The third-order valence-corrected chi connectivity index (χ3v) is 2.10. The van der Waals surface area contributed by atoms with E-state index in [9.17, 15) is 4.79 Å². The van der Waals surface area contributed by atoms with Crippen LogP contribution in [0.3, 0.4) is 0 Å². The van der Waals surface area contributed by atoms with Gasteiger partial charge in [-0.3, -0.25) is 4.79 Å². The second-order valence-corrected chi connectivity index (χ2v) is 3.41. The van der Waals surface area contributed by atoms with Crippen molar-refractivity contribution in [1.82, 2.24) is 0 Å². The van der Waals surface area contributed by atoms with Crippen molar-refractivity contribution in [3.63, 3.8) is 0 Å². The fraction of sp³-hybridized carbons (Fsp3) is 0.364. The highest BCUT2D eigenvalue weighted by atomic mass is 16.5. The van der Waals surface area contributed by atoms with Gasteiger partial charge in [0.05, 0.1) is 13.5 Å². The zero-order valence-corrected chi connectivity index (χ0v) is 8.76. The van der Waals surface area contributed by atoms with E-state index >= 15 is 0 Å². The van der Waals surface area contributed by atoms with Crippen molar-refractivity contribution in [2.24, 2.45) is 5.73 Å². The van der Waals surface area contributed by atoms with Crippen LogP contribution in [-0.4, -0.2) is 13.0 Å². The molecule has 0 saturated heterocycles. The van der Waals surface area contributed by atoms with E-state index in [2.05, 4.69) is 0 Å². The van der Waals surface area contributed by atoms with E-state index in [-0.39, 0.29) is 12.3 Å². The Morgan fingerprint density at radius 3 is 2.21 bits per heavy atom. The lowest BCUT2D eigenvalue weighted by molar-refractivity contribution is -0.117. The van der Waals surface area contributed by atoms with Crippen molar-refractivity contribution in [1.29, 1.82) is 0 Å². The van der Waals surface area contributed by atoms with E-state index in [0.29, 0.717) is 0 Å². The van der Waals surface area contributed by atoms with Gasteiger partial charge in [-0.2, -0.15) is 0 Å². The molecule has 0 radical (unpaired) electrons. The second kappa shape index (κ2) is 4.13. The Balaban J connectivity index is 3.07. The molecule has 1 rings (SSSR count). The van der Waals surface area contributed by atoms with E-state index < -0.39 is 0 Å². The van der Waals surface area contributed by atoms with Gasteiger partial charge < -0.3 is 10.5 Å². The maximum atomic E-state index is 10.7. The summed E-state index contributed by atoms with van der Waals surface area (Å²) < 4.78 is 5.22. The number of benzene rings is 1. The molecule has 0 saturated carbocycles. The third kappa shape index (κ3) is 2.25. The minimum atomic E-state index is -0.311. The van der Waals surface area contributed by atoms with Crippen LogP contribution < -0.4 is 10.5 Å². The van der Waals surface area contributed by atoms with Crippen LogP contribution in [0, 0.1) is 13.8 Å². The molecule has 0 heterocycles. The summed E-state index contributed by atoms with van der Waals surface area (Å²) in [5.74, 6) is 0.562. The van der Waals surface area contributed by atoms with Crippen LogP contribution in [0.15, 0.2) is 12.1 Å². The highest BCUT2D eigenvalue weighted by Gasteiger charge is 2.06. The van der Waals surface area contributed by atoms with Gasteiger partial charge >= 0.3 is 0 Å². The summed E-state index contributed by atoms with van der Waals surface area (Å²) in [5, 5.41) is 0. The molecule has 0 aliphatic heterocycles. The van der Waals surface area contributed by atoms with Crippen LogP contribution in [0.2, 0.25) is 0 Å². The highest BCUT2D eigenvalue weighted by Crippen LogP contribution is 2.24. The number of aryl methyl sites for hydroxylation is 2. The monoisotopic (exact) mass is 193 g/mol. The summed E-state index contributed by atoms with van der Waals surface area (Å²) in [6, 6.07) is 3.85. The molecule has 0 unspecified atom stereocenters. The van der Waals surface area contributed by atoms with Crippen molar-refractivity contribution in [3.8, 4) is 5.75 Å². The third-order valence-electron chi connectivity index (χ3n) is 2.10. The van der Waals surface area contributed by atoms with E-state index in [0.717, 1.165) is 22.4 Å². The average molecular weight is 193 g/mol. The van der Waals surface area contributed by atoms with Gasteiger partial charge in [-0.25, -0.2) is 0 Å². The smallest absolute Gasteiger partial charge is 0.221 e. The number of carbonyl (C=O) groups is 1. The predicted octanol–water partition coefficient (Wildman–Crippen LogP) is 1.34. The Morgan fingerprint density at radius 1 is 1.36 bits per heavy atom. The summed E-state index contributed by atoms with van der Waals surface area (Å²) >= 11 is 0. The first-order valence-corrected chi connectivity index (χ1v) is 4.47. The summed E-state index contributed by atoms with van der Waals surface area (Å²) in [5.41, 5.74) is 8.13. The number of ether oxygens (including phenoxy) is 1. The predicted molar refractivity (Wildman–Crippen MR) is 55.4 cm³/mol. The minimum absolute atomic E-state index is 0.283. The van der Waals surface area contributed by atoms with Crippen LogP contribution in [0.25, 0.3) is 0 Å². The van der Waals surface area contributed by atoms with Crippen molar-refractivity contribution in [3.05, 3.63) is 28.8 Å². The molecule has 0 atom stereocenters. The normalized spacial score (nSPS) is 9.93. The molecule has 1 aromatic carbocycles. The molecule has 2 N–H and O–H groups in total. The maximum absolute atomic E-state index is 10.7. The number of hydrogen-bond donors (Lipinski definition) is 1. The lowest BCUT2D eigenvalue weighted by Crippen LogP contribution is -2.13. The first-order chi connectivity index (χ1) is 6.54. The summed E-state index contributed by atoms with van der Waals surface area (Å²) in [4.78, 5) is 10.7. The van der Waals surface area contributed by atoms with Gasteiger partial charge in [0.15, 0.2) is 0 Å². The van der Waals surface area contributed by atoms with Gasteiger partial charge in [-0.1, -0.05) is 12.1 Å². The van der Waals surface area contributed by atoms with E-state index in [1.54, 1.807) is 7.11 Å². The number of methoxy groups -OCH3 is 1. The van der Waals surface area contributed by atoms with Crippen molar-refractivity contribution in [2.45, 2.75) is 20.3 Å². The largest absolute Gasteiger partial charge is 0.496 e. The van der Waals surface area contributed by atoms with Crippen LogP contribution in [0.4, 0.5) is 0 Å². The lowest BCUT2D eigenvalue weighted by Gasteiger charge is -2.10. The number of carbonyl (C=O) groups excluding carboxylic acids is 1. The molecular formula is C11H15NO2. The van der Waals surface area contributed by atoms with Crippen molar-refractivity contribution < 1.29 is 9.53 Å². The molecule has 0 spiro atoms. The Hall–Kier alpha value is -1.51. The van der Waals surface area contributed by atoms with Crippen LogP contribution in [-0.2, 0) is 11.2 Å². The molecule has 0 aliphatic carbocycles. The Bertz CT molecular complexity index is 335. The summed E-state index contributed by atoms with van der Waals surface area (Å²) in [7, 11) is 1.64. The number of amides is 1. The Morgan fingerprint density at radius 2 is 1.86 bits per heavy atom. The molecule has 1 amide bonds. The molecule has 0 aliphatic rings. The second-order valence-electron chi connectivity index (χ2n) is 3.41. The molecule has 0 bridgehead atoms. The quantitative estimate of drug-likeness (QED) is 0.787. The molecule has 0 aromatic heterocycles. The first-order valence-electron chi connectivity index (χ1n) is 4.47. The van der Waals surface area contributed by atoms with Crippen LogP contribution in [0.1, 0.15) is 16.7 Å². The summed E-state index contributed by atoms with van der Waals surface area (Å²) in [6.45, 7) is 3.91. The van der Waals surface area contributed by atoms with Crippen molar-refractivity contribution in [2.75, 3.05) is 7.11 Å². The molecule has 3 heteroatoms. The fourth-order valence-electron chi connectivity index (χ4n) is 1.67. The SMILES string of the molecule is COc1c(C)cc(CC(N)=O)cc1C. The number of nitrogens with two attached hydrogens (primary N) is 1. The summed E-state index contributed by atoms with van der Waals surface area (Å²) in [6.07, 6.45) is 0.283. The number of hydrogen-bond acceptors (Lipinski definition) is 2. The zero-order valence-electron chi connectivity index (χ0n) is 8.76. The zero-order chi connectivity index (χ0) is 10.7. The van der Waals surface area contributed by atoms with Gasteiger partial charge in [0.2, 0.25) is 5.91 Å². The number of rotatable bonds is 3. The minimum Gasteiger partial charge on any atom is -0.496 e. The van der Waals surface area contributed by atoms with Gasteiger partial charge in [-0.05, 0) is 30.5 Å². The Labute approximate surface area is 83.9 Å². The molecule has 3 nitrogen and oxygen atoms in total. The van der Waals surface area contributed by atoms with Crippen LogP contribution in [0.5, 0.6) is 5.75 Å². The highest BCUT2D eigenvalue weighted by molar-refractivity contribution is 5.76.